The molecule has 3 heterocycles. The Bertz CT molecular complexity index is 1450. The van der Waals surface area contributed by atoms with Gasteiger partial charge >= 0.3 is 0 Å². The van der Waals surface area contributed by atoms with E-state index in [-0.39, 0.29) is 18.2 Å². The number of hydrogen-bond donors (Lipinski definition) is 3. The summed E-state index contributed by atoms with van der Waals surface area (Å²) in [6.07, 6.45) is 8.35. The highest BCUT2D eigenvalue weighted by Gasteiger charge is 2.21. The van der Waals surface area contributed by atoms with E-state index in [1.807, 2.05) is 48.6 Å². The van der Waals surface area contributed by atoms with Gasteiger partial charge in [0, 0.05) is 34.3 Å². The van der Waals surface area contributed by atoms with Gasteiger partial charge in [-0.3, -0.25) is 9.59 Å². The van der Waals surface area contributed by atoms with E-state index in [9.17, 15) is 9.59 Å². The van der Waals surface area contributed by atoms with Crippen molar-refractivity contribution in [2.75, 3.05) is 17.2 Å². The van der Waals surface area contributed by atoms with Crippen LogP contribution >= 0.6 is 0 Å². The fourth-order valence-corrected chi connectivity index (χ4v) is 4.30. The number of allylic oxidation sites excluding steroid dienone is 2. The van der Waals surface area contributed by atoms with Crippen LogP contribution in [0.15, 0.2) is 90.0 Å². The van der Waals surface area contributed by atoms with Crippen LogP contribution in [0.4, 0.5) is 17.3 Å². The van der Waals surface area contributed by atoms with Crippen LogP contribution in [0.1, 0.15) is 22.3 Å². The number of fused-ring (bicyclic) bond motifs is 4. The average molecular weight is 463 g/mol. The van der Waals surface area contributed by atoms with Crippen molar-refractivity contribution in [1.82, 2.24) is 15.3 Å². The summed E-state index contributed by atoms with van der Waals surface area (Å²) < 4.78 is 5.34. The number of rotatable bonds is 4. The fraction of sp³-hybridized carbons (Fsp3) is 0.111. The van der Waals surface area contributed by atoms with Crippen LogP contribution in [0.2, 0.25) is 0 Å². The normalized spacial score (nSPS) is 15.7. The van der Waals surface area contributed by atoms with Gasteiger partial charge in [0.15, 0.2) is 0 Å². The van der Waals surface area contributed by atoms with Gasteiger partial charge in [0.2, 0.25) is 11.9 Å². The van der Waals surface area contributed by atoms with Crippen LogP contribution in [0.5, 0.6) is 0 Å². The number of carbonyl (C=O) groups excluding carboxylic acids is 2. The molecule has 3 N–H and O–H groups in total. The number of benzene rings is 2. The minimum absolute atomic E-state index is 0.0944. The topological polar surface area (TPSA) is 105 Å². The summed E-state index contributed by atoms with van der Waals surface area (Å²) in [5.41, 5.74) is 7.39. The standard InChI is InChI=1S/C27H21N5O3/c33-24-12-18-13-28-27(32-25(18)22-3-1-2-4-23(22)31-24)30-20-8-5-16(6-9-20)26(34)29-21-10-7-17-14-35-15-19(17)11-21/h1-6,8-11,13-14H,7,12,15H2,(H,29,34)(H,31,33)(H,28,30,32). The predicted octanol–water partition coefficient (Wildman–Crippen LogP) is 4.24. The summed E-state index contributed by atoms with van der Waals surface area (Å²) in [5.74, 6) is 0.135. The molecule has 3 aromatic rings. The van der Waals surface area contributed by atoms with Crippen molar-refractivity contribution in [2.24, 2.45) is 0 Å². The molecule has 6 rings (SSSR count). The third-order valence-corrected chi connectivity index (χ3v) is 6.08. The molecule has 1 aliphatic carbocycles. The Hall–Kier alpha value is -4.72. The van der Waals surface area contributed by atoms with Crippen LogP contribution in [0.25, 0.3) is 11.3 Å². The van der Waals surface area contributed by atoms with Crippen LogP contribution in [0.3, 0.4) is 0 Å². The van der Waals surface area contributed by atoms with E-state index >= 15 is 0 Å². The van der Waals surface area contributed by atoms with E-state index in [4.69, 9.17) is 4.74 Å². The third kappa shape index (κ3) is 4.17. The molecule has 8 nitrogen and oxygen atoms in total. The van der Waals surface area contributed by atoms with E-state index in [1.54, 1.807) is 24.6 Å². The van der Waals surface area contributed by atoms with Gasteiger partial charge in [0.1, 0.15) is 6.61 Å². The quantitative estimate of drug-likeness (QED) is 0.535. The number of anilines is 3. The molecule has 0 bridgehead atoms. The molecule has 0 radical (unpaired) electrons. The molecule has 2 aliphatic heterocycles. The number of nitrogens with one attached hydrogen (secondary N) is 3. The Morgan fingerprint density at radius 3 is 2.80 bits per heavy atom. The van der Waals surface area contributed by atoms with Gasteiger partial charge in [-0.25, -0.2) is 9.97 Å². The molecule has 0 saturated carbocycles. The van der Waals surface area contributed by atoms with E-state index in [2.05, 4.69) is 25.9 Å². The Morgan fingerprint density at radius 2 is 1.91 bits per heavy atom. The molecule has 0 unspecified atom stereocenters. The first-order valence-corrected chi connectivity index (χ1v) is 11.3. The van der Waals surface area contributed by atoms with Gasteiger partial charge in [0.25, 0.3) is 5.91 Å². The molecule has 2 aromatic carbocycles. The molecular formula is C27H21N5O3. The van der Waals surface area contributed by atoms with Crippen LogP contribution in [-0.2, 0) is 16.0 Å². The van der Waals surface area contributed by atoms with Gasteiger partial charge in [-0.05, 0) is 54.0 Å². The van der Waals surface area contributed by atoms with Crippen molar-refractivity contribution in [2.45, 2.75) is 12.8 Å². The number of aromatic nitrogens is 2. The summed E-state index contributed by atoms with van der Waals surface area (Å²) in [5, 5.41) is 9.06. The van der Waals surface area contributed by atoms with Crippen molar-refractivity contribution in [3.05, 3.63) is 101 Å². The maximum Gasteiger partial charge on any atom is 0.255 e. The lowest BCUT2D eigenvalue weighted by atomic mass is 9.99. The number of ether oxygens (including phenoxy) is 1. The zero-order chi connectivity index (χ0) is 23.8. The smallest absolute Gasteiger partial charge is 0.255 e. The minimum Gasteiger partial charge on any atom is -0.496 e. The van der Waals surface area contributed by atoms with Gasteiger partial charge in [-0.15, -0.1) is 0 Å². The SMILES string of the molecule is O=C1Cc2cnc(Nc3ccc(C(=O)NC4=CCC5=COCC5=C4)cc3)nc2-c2ccccc2N1. The van der Waals surface area contributed by atoms with Crippen LogP contribution < -0.4 is 16.0 Å². The first kappa shape index (κ1) is 20.9. The number of carbonyl (C=O) groups is 2. The Morgan fingerprint density at radius 1 is 1.06 bits per heavy atom. The second-order valence-electron chi connectivity index (χ2n) is 8.48. The first-order valence-electron chi connectivity index (χ1n) is 11.3. The molecule has 172 valence electrons. The molecule has 0 saturated heterocycles. The van der Waals surface area contributed by atoms with Crippen molar-refractivity contribution in [1.29, 1.82) is 0 Å². The summed E-state index contributed by atoms with van der Waals surface area (Å²) in [7, 11) is 0. The number of hydrogen-bond acceptors (Lipinski definition) is 6. The second kappa shape index (κ2) is 8.57. The number of nitrogens with zero attached hydrogens (tertiary/aromatic N) is 2. The highest BCUT2D eigenvalue weighted by atomic mass is 16.5. The van der Waals surface area contributed by atoms with Crippen LogP contribution in [0, 0.1) is 0 Å². The molecule has 2 amide bonds. The van der Waals surface area contributed by atoms with E-state index < -0.39 is 0 Å². The van der Waals surface area contributed by atoms with Gasteiger partial charge < -0.3 is 20.7 Å². The number of para-hydroxylation sites is 1. The third-order valence-electron chi connectivity index (χ3n) is 6.08. The van der Waals surface area contributed by atoms with Crippen molar-refractivity contribution < 1.29 is 14.3 Å². The van der Waals surface area contributed by atoms with Crippen molar-refractivity contribution in [3.8, 4) is 11.3 Å². The second-order valence-corrected chi connectivity index (χ2v) is 8.48. The average Bonchev–Trinajstić information content (AvgIpc) is 3.28. The Balaban J connectivity index is 1.18. The minimum atomic E-state index is -0.180. The maximum absolute atomic E-state index is 12.7. The summed E-state index contributed by atoms with van der Waals surface area (Å²) in [6.45, 7) is 0.548. The van der Waals surface area contributed by atoms with Gasteiger partial charge in [0.05, 0.1) is 24.1 Å². The Kier molecular flexibility index (Phi) is 5.11. The highest BCUT2D eigenvalue weighted by Crippen LogP contribution is 2.33. The molecular weight excluding hydrogens is 442 g/mol. The fourth-order valence-electron chi connectivity index (χ4n) is 4.30. The maximum atomic E-state index is 12.7. The lowest BCUT2D eigenvalue weighted by Crippen LogP contribution is -2.23. The van der Waals surface area contributed by atoms with Crippen molar-refractivity contribution in [3.63, 3.8) is 0 Å². The molecule has 0 fully saturated rings. The molecule has 3 aliphatic rings. The summed E-state index contributed by atoms with van der Waals surface area (Å²) in [4.78, 5) is 34.0. The van der Waals surface area contributed by atoms with E-state index in [0.29, 0.717) is 23.8 Å². The summed E-state index contributed by atoms with van der Waals surface area (Å²) in [6, 6.07) is 14.7. The Labute approximate surface area is 201 Å². The lowest BCUT2D eigenvalue weighted by Gasteiger charge is -2.13. The lowest BCUT2D eigenvalue weighted by molar-refractivity contribution is -0.115. The molecule has 8 heteroatoms. The monoisotopic (exact) mass is 463 g/mol. The van der Waals surface area contributed by atoms with Crippen LogP contribution in [-0.4, -0.2) is 28.4 Å². The summed E-state index contributed by atoms with van der Waals surface area (Å²) >= 11 is 0. The van der Waals surface area contributed by atoms with Crippen molar-refractivity contribution >= 4 is 29.1 Å². The first-order chi connectivity index (χ1) is 17.1. The highest BCUT2D eigenvalue weighted by molar-refractivity contribution is 6.00. The molecule has 1 aromatic heterocycles. The largest absolute Gasteiger partial charge is 0.496 e. The molecule has 35 heavy (non-hydrogen) atoms. The molecule has 0 atom stereocenters. The van der Waals surface area contributed by atoms with Gasteiger partial charge in [-0.2, -0.15) is 0 Å². The zero-order valence-electron chi connectivity index (χ0n) is 18.7. The zero-order valence-corrected chi connectivity index (χ0v) is 18.7. The van der Waals surface area contributed by atoms with E-state index in [0.717, 1.165) is 45.8 Å². The van der Waals surface area contributed by atoms with Gasteiger partial charge in [-0.1, -0.05) is 24.3 Å². The predicted molar refractivity (Wildman–Crippen MR) is 132 cm³/mol. The molecule has 0 spiro atoms. The van der Waals surface area contributed by atoms with E-state index in [1.165, 1.54) is 0 Å². The number of amides is 2.